The molecule has 0 amide bonds. The fourth-order valence-electron chi connectivity index (χ4n) is 1.75. The van der Waals surface area contributed by atoms with E-state index < -0.39 is 0 Å². The van der Waals surface area contributed by atoms with Crippen molar-refractivity contribution in [2.45, 2.75) is 6.92 Å². The van der Waals surface area contributed by atoms with Crippen molar-refractivity contribution >= 4 is 33.3 Å². The molecule has 0 aromatic carbocycles. The van der Waals surface area contributed by atoms with Crippen LogP contribution in [0.1, 0.15) is 16.6 Å². The maximum atomic E-state index is 11.6. The molecule has 0 fully saturated rings. The lowest BCUT2D eigenvalue weighted by atomic mass is 10.4. The van der Waals surface area contributed by atoms with E-state index in [4.69, 9.17) is 4.74 Å². The molecule has 0 atom stereocenters. The number of hydrogen-bond acceptors (Lipinski definition) is 4. The van der Waals surface area contributed by atoms with E-state index in [9.17, 15) is 4.79 Å². The SMILES string of the molecule is CCOC(=O)c1cc2nc3ccccn3c2s1. The third kappa shape index (κ3) is 1.59. The topological polar surface area (TPSA) is 43.6 Å². The first-order chi connectivity index (χ1) is 8.29. The van der Waals surface area contributed by atoms with Crippen LogP contribution in [0.3, 0.4) is 0 Å². The summed E-state index contributed by atoms with van der Waals surface area (Å²) in [6.45, 7) is 2.19. The van der Waals surface area contributed by atoms with Crippen LogP contribution in [0.15, 0.2) is 30.5 Å². The van der Waals surface area contributed by atoms with Gasteiger partial charge >= 0.3 is 5.97 Å². The zero-order valence-electron chi connectivity index (χ0n) is 9.21. The molecule has 0 saturated carbocycles. The summed E-state index contributed by atoms with van der Waals surface area (Å²) in [4.78, 5) is 17.6. The molecule has 5 heteroatoms. The normalized spacial score (nSPS) is 11.1. The zero-order valence-corrected chi connectivity index (χ0v) is 10.0. The van der Waals surface area contributed by atoms with Gasteiger partial charge in [-0.05, 0) is 25.1 Å². The largest absolute Gasteiger partial charge is 0.462 e. The molecule has 0 aliphatic carbocycles. The zero-order chi connectivity index (χ0) is 11.8. The van der Waals surface area contributed by atoms with Crippen molar-refractivity contribution in [1.82, 2.24) is 9.38 Å². The molecule has 3 heterocycles. The van der Waals surface area contributed by atoms with Gasteiger partial charge in [0.15, 0.2) is 0 Å². The van der Waals surface area contributed by atoms with E-state index in [-0.39, 0.29) is 5.97 Å². The van der Waals surface area contributed by atoms with E-state index in [0.717, 1.165) is 16.0 Å². The Bertz CT molecular complexity index is 699. The number of carbonyl (C=O) groups excluding carboxylic acids is 1. The number of ether oxygens (including phenoxy) is 1. The number of thiophene rings is 1. The summed E-state index contributed by atoms with van der Waals surface area (Å²) in [7, 11) is 0. The highest BCUT2D eigenvalue weighted by molar-refractivity contribution is 7.20. The molecule has 0 N–H and O–H groups in total. The second-order valence-electron chi connectivity index (χ2n) is 3.56. The van der Waals surface area contributed by atoms with Crippen molar-refractivity contribution < 1.29 is 9.53 Å². The minimum atomic E-state index is -0.278. The van der Waals surface area contributed by atoms with Crippen LogP contribution in [0, 0.1) is 0 Å². The number of fused-ring (bicyclic) bond motifs is 3. The standard InChI is InChI=1S/C12H10N2O2S/c1-2-16-12(15)9-7-8-11(17-9)14-6-4-3-5-10(14)13-8/h3-7H,2H2,1H3. The molecule has 3 aromatic rings. The highest BCUT2D eigenvalue weighted by Gasteiger charge is 2.14. The molecule has 3 aromatic heterocycles. The van der Waals surface area contributed by atoms with Gasteiger partial charge in [-0.25, -0.2) is 9.78 Å². The summed E-state index contributed by atoms with van der Waals surface area (Å²) in [6.07, 6.45) is 1.94. The quantitative estimate of drug-likeness (QED) is 0.653. The summed E-state index contributed by atoms with van der Waals surface area (Å²) < 4.78 is 6.95. The molecule has 4 nitrogen and oxygen atoms in total. The molecule has 0 spiro atoms. The van der Waals surface area contributed by atoms with Gasteiger partial charge in [-0.15, -0.1) is 11.3 Å². The lowest BCUT2D eigenvalue weighted by molar-refractivity contribution is 0.0532. The predicted octanol–water partition coefficient (Wildman–Crippen LogP) is 2.73. The molecular weight excluding hydrogens is 236 g/mol. The first-order valence-corrected chi connectivity index (χ1v) is 6.15. The van der Waals surface area contributed by atoms with Crippen LogP contribution >= 0.6 is 11.3 Å². The predicted molar refractivity (Wildman–Crippen MR) is 66.5 cm³/mol. The number of rotatable bonds is 2. The lowest BCUT2D eigenvalue weighted by Crippen LogP contribution is -2.01. The summed E-state index contributed by atoms with van der Waals surface area (Å²) in [6, 6.07) is 7.61. The van der Waals surface area contributed by atoms with Crippen LogP contribution in [0.2, 0.25) is 0 Å². The molecule has 0 unspecified atom stereocenters. The van der Waals surface area contributed by atoms with Gasteiger partial charge in [0.25, 0.3) is 0 Å². The van der Waals surface area contributed by atoms with Crippen LogP contribution in [-0.2, 0) is 4.74 Å². The summed E-state index contributed by atoms with van der Waals surface area (Å²) in [5.74, 6) is -0.278. The van der Waals surface area contributed by atoms with E-state index in [2.05, 4.69) is 4.98 Å². The third-order valence-electron chi connectivity index (χ3n) is 2.46. The molecule has 0 radical (unpaired) electrons. The van der Waals surface area contributed by atoms with E-state index in [1.165, 1.54) is 11.3 Å². The number of pyridine rings is 1. The summed E-state index contributed by atoms with van der Waals surface area (Å²) >= 11 is 1.41. The van der Waals surface area contributed by atoms with E-state index >= 15 is 0 Å². The van der Waals surface area contributed by atoms with Crippen molar-refractivity contribution in [2.75, 3.05) is 6.61 Å². The van der Waals surface area contributed by atoms with Gasteiger partial charge in [0, 0.05) is 6.20 Å². The summed E-state index contributed by atoms with van der Waals surface area (Å²) in [5.41, 5.74) is 1.73. The average Bonchev–Trinajstić information content (AvgIpc) is 2.86. The number of carbonyl (C=O) groups is 1. The molecule has 0 aliphatic heterocycles. The van der Waals surface area contributed by atoms with Gasteiger partial charge < -0.3 is 4.74 Å². The molecule has 0 aliphatic rings. The first kappa shape index (κ1) is 10.3. The minimum absolute atomic E-state index is 0.278. The van der Waals surface area contributed by atoms with Crippen LogP contribution in [0.25, 0.3) is 16.0 Å². The van der Waals surface area contributed by atoms with Crippen LogP contribution < -0.4 is 0 Å². The molecule has 17 heavy (non-hydrogen) atoms. The van der Waals surface area contributed by atoms with Gasteiger partial charge in [-0.3, -0.25) is 4.40 Å². The number of hydrogen-bond donors (Lipinski definition) is 0. The minimum Gasteiger partial charge on any atom is -0.462 e. The molecule has 3 rings (SSSR count). The van der Waals surface area contributed by atoms with E-state index in [0.29, 0.717) is 11.5 Å². The van der Waals surface area contributed by atoms with E-state index in [1.54, 1.807) is 13.0 Å². The van der Waals surface area contributed by atoms with Crippen molar-refractivity contribution in [1.29, 1.82) is 0 Å². The number of nitrogens with zero attached hydrogens (tertiary/aromatic N) is 2. The average molecular weight is 246 g/mol. The molecular formula is C12H10N2O2S. The number of imidazole rings is 1. The van der Waals surface area contributed by atoms with Crippen molar-refractivity contribution in [3.05, 3.63) is 35.3 Å². The Hall–Kier alpha value is -1.88. The van der Waals surface area contributed by atoms with Crippen molar-refractivity contribution in [3.8, 4) is 0 Å². The van der Waals surface area contributed by atoms with Crippen molar-refractivity contribution in [3.63, 3.8) is 0 Å². The van der Waals surface area contributed by atoms with Crippen molar-refractivity contribution in [2.24, 2.45) is 0 Å². The van der Waals surface area contributed by atoms with Gasteiger partial charge in [0.05, 0.1) is 6.61 Å². The molecule has 0 bridgehead atoms. The fourth-order valence-corrected chi connectivity index (χ4v) is 2.73. The number of aromatic nitrogens is 2. The molecule has 0 saturated heterocycles. The second-order valence-corrected chi connectivity index (χ2v) is 4.59. The Morgan fingerprint density at radius 1 is 1.53 bits per heavy atom. The van der Waals surface area contributed by atoms with Gasteiger partial charge in [-0.2, -0.15) is 0 Å². The monoisotopic (exact) mass is 246 g/mol. The smallest absolute Gasteiger partial charge is 0.348 e. The Morgan fingerprint density at radius 3 is 3.24 bits per heavy atom. The Kier molecular flexibility index (Phi) is 2.33. The number of esters is 1. The Labute approximate surface area is 101 Å². The second kappa shape index (κ2) is 3.85. The van der Waals surface area contributed by atoms with Gasteiger partial charge in [-0.1, -0.05) is 6.07 Å². The van der Waals surface area contributed by atoms with Crippen LogP contribution in [0.5, 0.6) is 0 Å². The first-order valence-electron chi connectivity index (χ1n) is 5.33. The lowest BCUT2D eigenvalue weighted by Gasteiger charge is -1.96. The Balaban J connectivity index is 2.17. The van der Waals surface area contributed by atoms with Crippen LogP contribution in [-0.4, -0.2) is 22.0 Å². The molecule has 86 valence electrons. The highest BCUT2D eigenvalue weighted by Crippen LogP contribution is 2.26. The van der Waals surface area contributed by atoms with Gasteiger partial charge in [0.2, 0.25) is 0 Å². The fraction of sp³-hybridized carbons (Fsp3) is 0.167. The summed E-state index contributed by atoms with van der Waals surface area (Å²) in [5, 5.41) is 0. The third-order valence-corrected chi connectivity index (χ3v) is 3.57. The van der Waals surface area contributed by atoms with Crippen LogP contribution in [0.4, 0.5) is 0 Å². The van der Waals surface area contributed by atoms with E-state index in [1.807, 2.05) is 28.8 Å². The Morgan fingerprint density at radius 2 is 2.41 bits per heavy atom. The van der Waals surface area contributed by atoms with Gasteiger partial charge in [0.1, 0.15) is 20.9 Å². The highest BCUT2D eigenvalue weighted by atomic mass is 32.1. The maximum absolute atomic E-state index is 11.6. The maximum Gasteiger partial charge on any atom is 0.348 e.